The fourth-order valence-corrected chi connectivity index (χ4v) is 4.24. The normalized spacial score (nSPS) is 22.6. The van der Waals surface area contributed by atoms with Crippen LogP contribution in [-0.2, 0) is 16.1 Å². The predicted molar refractivity (Wildman–Crippen MR) is 96.8 cm³/mol. The Morgan fingerprint density at radius 3 is 2.45 bits per heavy atom. The van der Waals surface area contributed by atoms with E-state index in [0.29, 0.717) is 6.42 Å². The van der Waals surface area contributed by atoms with E-state index >= 15 is 0 Å². The van der Waals surface area contributed by atoms with Crippen molar-refractivity contribution < 1.29 is 9.53 Å². The van der Waals surface area contributed by atoms with Crippen molar-refractivity contribution in [3.05, 3.63) is 43.3 Å². The summed E-state index contributed by atoms with van der Waals surface area (Å²) in [5.74, 6) is -0.115. The minimum atomic E-state index is -0.197. The molecular formula is C16H16Br2Cl2O2. The zero-order chi connectivity index (χ0) is 16.5. The van der Waals surface area contributed by atoms with Gasteiger partial charge in [0.15, 0.2) is 0 Å². The molecule has 0 amide bonds. The molecule has 2 rings (SSSR count). The molecule has 1 saturated carbocycles. The molecule has 120 valence electrons. The molecule has 2 atom stereocenters. The van der Waals surface area contributed by atoms with E-state index in [4.69, 9.17) is 27.9 Å². The molecule has 0 N–H and O–H groups in total. The molecule has 0 spiro atoms. The van der Waals surface area contributed by atoms with Crippen molar-refractivity contribution >= 4 is 61.0 Å². The summed E-state index contributed by atoms with van der Waals surface area (Å²) in [4.78, 5) is 12.3. The second-order valence-corrected chi connectivity index (χ2v) is 8.70. The lowest BCUT2D eigenvalue weighted by atomic mass is 9.55. The van der Waals surface area contributed by atoms with Crippen LogP contribution >= 0.6 is 55.1 Å². The van der Waals surface area contributed by atoms with E-state index in [1.54, 1.807) is 6.08 Å². The molecule has 0 radical (unpaired) electrons. The molecule has 1 aliphatic carbocycles. The quantitative estimate of drug-likeness (QED) is 0.487. The largest absolute Gasteiger partial charge is 0.460 e. The third kappa shape index (κ3) is 3.89. The van der Waals surface area contributed by atoms with Crippen molar-refractivity contribution in [3.8, 4) is 0 Å². The maximum absolute atomic E-state index is 12.3. The molecule has 0 bridgehead atoms. The zero-order valence-corrected chi connectivity index (χ0v) is 16.9. The Balaban J connectivity index is 1.99. The second-order valence-electron chi connectivity index (χ2n) is 5.98. The zero-order valence-electron chi connectivity index (χ0n) is 12.2. The summed E-state index contributed by atoms with van der Waals surface area (Å²) in [5, 5.41) is 0. The number of halogens is 4. The summed E-state index contributed by atoms with van der Waals surface area (Å²) in [6.45, 7) is 4.31. The van der Waals surface area contributed by atoms with Crippen LogP contribution in [0.5, 0.6) is 0 Å². The fourth-order valence-electron chi connectivity index (χ4n) is 2.71. The number of allylic oxidation sites excluding steroid dienone is 1. The first-order chi connectivity index (χ1) is 10.2. The molecule has 6 heteroatoms. The summed E-state index contributed by atoms with van der Waals surface area (Å²) in [6.07, 6.45) is 2.52. The van der Waals surface area contributed by atoms with Crippen LogP contribution in [0.4, 0.5) is 0 Å². The third-order valence-corrected chi connectivity index (χ3v) is 6.11. The maximum Gasteiger partial charge on any atom is 0.309 e. The van der Waals surface area contributed by atoms with Crippen LogP contribution < -0.4 is 0 Å². The molecule has 0 aromatic heterocycles. The highest BCUT2D eigenvalue weighted by Crippen LogP contribution is 2.53. The van der Waals surface area contributed by atoms with Gasteiger partial charge in [0.1, 0.15) is 11.1 Å². The van der Waals surface area contributed by atoms with E-state index in [2.05, 4.69) is 31.9 Å². The van der Waals surface area contributed by atoms with Crippen molar-refractivity contribution in [1.82, 2.24) is 0 Å². The second kappa shape index (κ2) is 7.25. The Bertz CT molecular complexity index is 590. The Hall–Kier alpha value is -0.0300. The minimum absolute atomic E-state index is 0.136. The van der Waals surface area contributed by atoms with Gasteiger partial charge in [0, 0.05) is 14.5 Å². The SMILES string of the molecule is CC1(C)C(C=C(Cl)Cl)CC1C(=O)OCc1c(Br)cccc1Br. The standard InChI is InChI=1S/C16H16Br2Cl2O2/c1-16(2)9(7-14(19)20)6-11(16)15(21)22-8-10-12(17)4-3-5-13(10)18/h3-5,7,9,11H,6,8H2,1-2H3. The number of hydrogen-bond acceptors (Lipinski definition) is 2. The first-order valence-electron chi connectivity index (χ1n) is 6.85. The molecule has 1 aromatic carbocycles. The van der Waals surface area contributed by atoms with Gasteiger partial charge in [-0.15, -0.1) is 0 Å². The van der Waals surface area contributed by atoms with Gasteiger partial charge < -0.3 is 4.74 Å². The van der Waals surface area contributed by atoms with Gasteiger partial charge in [0.25, 0.3) is 0 Å². The Morgan fingerprint density at radius 2 is 1.95 bits per heavy atom. The maximum atomic E-state index is 12.3. The van der Waals surface area contributed by atoms with Crippen molar-refractivity contribution in [1.29, 1.82) is 0 Å². The van der Waals surface area contributed by atoms with Crippen LogP contribution in [-0.4, -0.2) is 5.97 Å². The van der Waals surface area contributed by atoms with Gasteiger partial charge >= 0.3 is 5.97 Å². The van der Waals surface area contributed by atoms with Gasteiger partial charge in [0.2, 0.25) is 0 Å². The fraction of sp³-hybridized carbons (Fsp3) is 0.438. The van der Waals surface area contributed by atoms with Gasteiger partial charge in [-0.05, 0) is 29.9 Å². The number of ether oxygens (including phenoxy) is 1. The Labute approximate surface area is 157 Å². The molecule has 1 fully saturated rings. The molecule has 22 heavy (non-hydrogen) atoms. The number of carbonyl (C=O) groups is 1. The molecule has 0 heterocycles. The third-order valence-electron chi connectivity index (χ3n) is 4.38. The number of esters is 1. The van der Waals surface area contributed by atoms with E-state index in [-0.39, 0.29) is 34.3 Å². The van der Waals surface area contributed by atoms with Crippen molar-refractivity contribution in [3.63, 3.8) is 0 Å². The summed E-state index contributed by atoms with van der Waals surface area (Å²) >= 11 is 18.4. The summed E-state index contributed by atoms with van der Waals surface area (Å²) in [5.41, 5.74) is 0.727. The van der Waals surface area contributed by atoms with Crippen LogP contribution in [0.2, 0.25) is 0 Å². The van der Waals surface area contributed by atoms with Crippen molar-refractivity contribution in [2.24, 2.45) is 17.3 Å². The monoisotopic (exact) mass is 468 g/mol. The molecule has 0 saturated heterocycles. The lowest BCUT2D eigenvalue weighted by Gasteiger charge is -2.49. The number of carbonyl (C=O) groups excluding carboxylic acids is 1. The van der Waals surface area contributed by atoms with Gasteiger partial charge in [-0.25, -0.2) is 0 Å². The highest BCUT2D eigenvalue weighted by atomic mass is 79.9. The summed E-state index contributed by atoms with van der Waals surface area (Å²) in [6, 6.07) is 5.76. The molecule has 0 aliphatic heterocycles. The number of rotatable bonds is 4. The predicted octanol–water partition coefficient (Wildman–Crippen LogP) is 6.24. The molecule has 1 aromatic rings. The van der Waals surface area contributed by atoms with Gasteiger partial charge in [-0.1, -0.05) is 81.1 Å². The van der Waals surface area contributed by atoms with Crippen molar-refractivity contribution in [2.45, 2.75) is 26.9 Å². The minimum Gasteiger partial charge on any atom is -0.460 e. The Kier molecular flexibility index (Phi) is 6.03. The average Bonchev–Trinajstić information content (AvgIpc) is 2.42. The van der Waals surface area contributed by atoms with Crippen LogP contribution in [0.3, 0.4) is 0 Å². The van der Waals surface area contributed by atoms with E-state index in [9.17, 15) is 4.79 Å². The molecule has 2 unspecified atom stereocenters. The van der Waals surface area contributed by atoms with Gasteiger partial charge in [-0.3, -0.25) is 4.79 Å². The molecular weight excluding hydrogens is 455 g/mol. The first-order valence-corrected chi connectivity index (χ1v) is 9.20. The van der Waals surface area contributed by atoms with Gasteiger partial charge in [-0.2, -0.15) is 0 Å². The van der Waals surface area contributed by atoms with Crippen LogP contribution in [0, 0.1) is 17.3 Å². The van der Waals surface area contributed by atoms with Crippen LogP contribution in [0.15, 0.2) is 37.7 Å². The average molecular weight is 471 g/mol. The summed E-state index contributed by atoms with van der Waals surface area (Å²) in [7, 11) is 0. The van der Waals surface area contributed by atoms with E-state index < -0.39 is 0 Å². The first kappa shape index (κ1) is 18.3. The molecule has 2 nitrogen and oxygen atoms in total. The lowest BCUT2D eigenvalue weighted by Crippen LogP contribution is -2.48. The highest BCUT2D eigenvalue weighted by molar-refractivity contribution is 9.11. The van der Waals surface area contributed by atoms with E-state index in [1.807, 2.05) is 32.0 Å². The van der Waals surface area contributed by atoms with Gasteiger partial charge in [0.05, 0.1) is 5.92 Å². The smallest absolute Gasteiger partial charge is 0.309 e. The lowest BCUT2D eigenvalue weighted by molar-refractivity contribution is -0.164. The highest BCUT2D eigenvalue weighted by Gasteiger charge is 2.51. The van der Waals surface area contributed by atoms with Crippen LogP contribution in [0.25, 0.3) is 0 Å². The summed E-state index contributed by atoms with van der Waals surface area (Å²) < 4.78 is 7.58. The van der Waals surface area contributed by atoms with Crippen molar-refractivity contribution in [2.75, 3.05) is 0 Å². The van der Waals surface area contributed by atoms with Crippen LogP contribution in [0.1, 0.15) is 25.8 Å². The van der Waals surface area contributed by atoms with E-state index in [1.165, 1.54) is 0 Å². The van der Waals surface area contributed by atoms with E-state index in [0.717, 1.165) is 14.5 Å². The Morgan fingerprint density at radius 1 is 1.36 bits per heavy atom. The number of hydrogen-bond donors (Lipinski definition) is 0. The number of benzene rings is 1. The topological polar surface area (TPSA) is 26.3 Å². The molecule has 1 aliphatic rings.